The number of carboxylic acid groups (broad SMARTS) is 1. The first-order chi connectivity index (χ1) is 21.6. The lowest BCUT2D eigenvalue weighted by molar-refractivity contribution is -0.143. The van der Waals surface area contributed by atoms with E-state index in [0.717, 1.165) is 0 Å². The van der Waals surface area contributed by atoms with Crippen LogP contribution in [0.3, 0.4) is 0 Å². The van der Waals surface area contributed by atoms with Crippen LogP contribution in [0.25, 0.3) is 0 Å². The van der Waals surface area contributed by atoms with Crippen LogP contribution in [0.15, 0.2) is 30.3 Å². The Labute approximate surface area is 258 Å². The van der Waals surface area contributed by atoms with E-state index in [1.54, 1.807) is 24.3 Å². The fourth-order valence-electron chi connectivity index (χ4n) is 3.04. The first-order valence-electron chi connectivity index (χ1n) is 14.5. The third kappa shape index (κ3) is 26.9. The van der Waals surface area contributed by atoms with Gasteiger partial charge in [0, 0.05) is 6.54 Å². The predicted octanol–water partition coefficient (Wildman–Crippen LogP) is 0.194. The maximum Gasteiger partial charge on any atom is 0.338 e. The smallest absolute Gasteiger partial charge is 0.338 e. The van der Waals surface area contributed by atoms with E-state index in [0.29, 0.717) is 118 Å². The minimum absolute atomic E-state index is 0.190. The predicted molar refractivity (Wildman–Crippen MR) is 155 cm³/mol. The summed E-state index contributed by atoms with van der Waals surface area (Å²) in [6.45, 7) is 6.42. The molecule has 0 radical (unpaired) electrons. The minimum atomic E-state index is -1.13. The van der Waals surface area contributed by atoms with Crippen molar-refractivity contribution in [1.29, 1.82) is 0 Å². The summed E-state index contributed by atoms with van der Waals surface area (Å²) in [5, 5.41) is 11.0. The van der Waals surface area contributed by atoms with Gasteiger partial charge in [0.1, 0.15) is 19.8 Å². The molecule has 0 unspecified atom stereocenters. The van der Waals surface area contributed by atoms with E-state index in [2.05, 4.69) is 10.1 Å². The summed E-state index contributed by atoms with van der Waals surface area (Å²) < 4.78 is 53.0. The van der Waals surface area contributed by atoms with Crippen LogP contribution in [0, 0.1) is 0 Å². The summed E-state index contributed by atoms with van der Waals surface area (Å²) in [6, 6.07) is 8.81. The molecule has 252 valence electrons. The lowest BCUT2D eigenvalue weighted by Crippen LogP contribution is -2.31. The van der Waals surface area contributed by atoms with Crippen molar-refractivity contribution in [3.8, 4) is 0 Å². The third-order valence-corrected chi connectivity index (χ3v) is 5.10. The zero-order valence-corrected chi connectivity index (χ0v) is 25.3. The van der Waals surface area contributed by atoms with Gasteiger partial charge in [-0.15, -0.1) is 0 Å². The highest BCUT2D eigenvalue weighted by molar-refractivity contribution is 5.89. The molecule has 15 nitrogen and oxygen atoms in total. The van der Waals surface area contributed by atoms with Gasteiger partial charge >= 0.3 is 11.9 Å². The van der Waals surface area contributed by atoms with Crippen molar-refractivity contribution >= 4 is 17.8 Å². The molecule has 0 aromatic heterocycles. The summed E-state index contributed by atoms with van der Waals surface area (Å²) in [4.78, 5) is 33.4. The van der Waals surface area contributed by atoms with Gasteiger partial charge in [0.25, 0.3) is 0 Å². The molecule has 1 rings (SSSR count). The number of nitrogens with one attached hydrogen (secondary N) is 1. The van der Waals surface area contributed by atoms with Crippen molar-refractivity contribution in [2.24, 2.45) is 0 Å². The van der Waals surface area contributed by atoms with Gasteiger partial charge < -0.3 is 57.8 Å². The van der Waals surface area contributed by atoms with Crippen LogP contribution in [0.4, 0.5) is 0 Å². The van der Waals surface area contributed by atoms with Crippen LogP contribution in [0.1, 0.15) is 10.4 Å². The van der Waals surface area contributed by atoms with E-state index in [9.17, 15) is 14.4 Å². The van der Waals surface area contributed by atoms with E-state index in [4.69, 9.17) is 47.7 Å². The topological polar surface area (TPSA) is 176 Å². The third-order valence-electron chi connectivity index (χ3n) is 5.10. The SMILES string of the molecule is O=C(O)COCC(=O)NCCOCCOCCOCCOCCOCCOCCOCCOCCOC(=O)c1ccccc1. The number of hydrogen-bond donors (Lipinski definition) is 2. The summed E-state index contributed by atoms with van der Waals surface area (Å²) >= 11 is 0. The fraction of sp³-hybridized carbons (Fsp3) is 0.690. The van der Waals surface area contributed by atoms with Gasteiger partial charge in [-0.05, 0) is 12.1 Å². The molecule has 0 fully saturated rings. The van der Waals surface area contributed by atoms with Gasteiger partial charge in [0.2, 0.25) is 5.91 Å². The molecule has 0 saturated heterocycles. The molecule has 0 aliphatic heterocycles. The zero-order valence-electron chi connectivity index (χ0n) is 25.3. The molecular formula is C29H47NO14. The van der Waals surface area contributed by atoms with Crippen LogP contribution in [-0.2, 0) is 57.0 Å². The number of hydrogen-bond acceptors (Lipinski definition) is 13. The molecule has 2 N–H and O–H groups in total. The largest absolute Gasteiger partial charge is 0.480 e. The van der Waals surface area contributed by atoms with Crippen LogP contribution in [0.2, 0.25) is 0 Å². The zero-order chi connectivity index (χ0) is 31.8. The molecule has 0 bridgehead atoms. The van der Waals surface area contributed by atoms with E-state index in [1.165, 1.54) is 0 Å². The van der Waals surface area contributed by atoms with Crippen LogP contribution >= 0.6 is 0 Å². The highest BCUT2D eigenvalue weighted by Crippen LogP contribution is 2.00. The Balaban J connectivity index is 1.67. The Hall–Kier alpha value is -2.73. The Kier molecular flexibility index (Phi) is 27.1. The maximum atomic E-state index is 11.8. The molecule has 0 heterocycles. The highest BCUT2D eigenvalue weighted by Gasteiger charge is 2.05. The van der Waals surface area contributed by atoms with Gasteiger partial charge in [-0.1, -0.05) is 18.2 Å². The maximum absolute atomic E-state index is 11.8. The number of aliphatic carboxylic acids is 1. The van der Waals surface area contributed by atoms with Crippen molar-refractivity contribution in [2.45, 2.75) is 0 Å². The normalized spacial score (nSPS) is 11.0. The van der Waals surface area contributed by atoms with Crippen molar-refractivity contribution in [3.05, 3.63) is 35.9 Å². The minimum Gasteiger partial charge on any atom is -0.480 e. The molecule has 0 atom stereocenters. The van der Waals surface area contributed by atoms with Crippen molar-refractivity contribution < 1.29 is 66.9 Å². The molecular weight excluding hydrogens is 586 g/mol. The molecule has 15 heteroatoms. The quantitative estimate of drug-likeness (QED) is 0.0812. The lowest BCUT2D eigenvalue weighted by atomic mass is 10.2. The monoisotopic (exact) mass is 633 g/mol. The molecule has 0 aliphatic rings. The van der Waals surface area contributed by atoms with E-state index >= 15 is 0 Å². The highest BCUT2D eigenvalue weighted by atomic mass is 16.6. The first kappa shape index (κ1) is 39.3. The van der Waals surface area contributed by atoms with Gasteiger partial charge in [-0.3, -0.25) is 4.79 Å². The van der Waals surface area contributed by atoms with Crippen molar-refractivity contribution in [3.63, 3.8) is 0 Å². The van der Waals surface area contributed by atoms with Crippen LogP contribution in [0.5, 0.6) is 0 Å². The number of rotatable bonds is 32. The van der Waals surface area contributed by atoms with Gasteiger partial charge in [0.15, 0.2) is 0 Å². The van der Waals surface area contributed by atoms with E-state index in [1.807, 2.05) is 6.07 Å². The molecule has 0 saturated carbocycles. The molecule has 0 aliphatic carbocycles. The Morgan fingerprint density at radius 2 is 0.886 bits per heavy atom. The van der Waals surface area contributed by atoms with E-state index < -0.39 is 18.5 Å². The fourth-order valence-corrected chi connectivity index (χ4v) is 3.04. The van der Waals surface area contributed by atoms with E-state index in [-0.39, 0.29) is 19.2 Å². The van der Waals surface area contributed by atoms with Gasteiger partial charge in [-0.2, -0.15) is 0 Å². The van der Waals surface area contributed by atoms with Gasteiger partial charge in [-0.25, -0.2) is 9.59 Å². The average Bonchev–Trinajstić information content (AvgIpc) is 3.02. The molecule has 1 amide bonds. The number of carbonyl (C=O) groups excluding carboxylic acids is 2. The first-order valence-corrected chi connectivity index (χ1v) is 14.5. The Morgan fingerprint density at radius 3 is 1.30 bits per heavy atom. The average molecular weight is 634 g/mol. The Morgan fingerprint density at radius 1 is 0.500 bits per heavy atom. The van der Waals surface area contributed by atoms with Crippen molar-refractivity contribution in [2.75, 3.05) is 132 Å². The lowest BCUT2D eigenvalue weighted by Gasteiger charge is -2.09. The summed E-state index contributed by atoms with van der Waals surface area (Å²) in [6.07, 6.45) is 0. The second-order valence-corrected chi connectivity index (χ2v) is 8.64. The van der Waals surface area contributed by atoms with Crippen LogP contribution < -0.4 is 5.32 Å². The number of amides is 1. The van der Waals surface area contributed by atoms with Crippen LogP contribution in [-0.4, -0.2) is 155 Å². The standard InChI is InChI=1S/C29H47NO14/c31-27(24-43-25-28(32)33)30-6-7-35-8-9-36-10-11-37-12-13-38-14-15-39-16-17-40-18-19-41-20-21-42-22-23-44-29(34)26-4-2-1-3-5-26/h1-5H,6-25H2,(H,30,31)(H,32,33). The Bertz CT molecular complexity index is 830. The second-order valence-electron chi connectivity index (χ2n) is 8.64. The molecule has 0 spiro atoms. The van der Waals surface area contributed by atoms with Crippen molar-refractivity contribution in [1.82, 2.24) is 5.32 Å². The number of ether oxygens (including phenoxy) is 10. The summed E-state index contributed by atoms with van der Waals surface area (Å²) in [5.41, 5.74) is 0.516. The summed E-state index contributed by atoms with van der Waals surface area (Å²) in [7, 11) is 0. The molecule has 1 aromatic carbocycles. The number of esters is 1. The number of benzene rings is 1. The second kappa shape index (κ2) is 30.3. The summed E-state index contributed by atoms with van der Waals surface area (Å²) in [5.74, 6) is -1.89. The molecule has 1 aromatic rings. The number of carbonyl (C=O) groups is 3. The molecule has 44 heavy (non-hydrogen) atoms. The van der Waals surface area contributed by atoms with Gasteiger partial charge in [0.05, 0.1) is 111 Å². The number of carboxylic acids is 1.